The highest BCUT2D eigenvalue weighted by Crippen LogP contribution is 2.40. The lowest BCUT2D eigenvalue weighted by molar-refractivity contribution is 0.0763. The molecule has 29 heavy (non-hydrogen) atoms. The van der Waals surface area contributed by atoms with Gasteiger partial charge in [0, 0.05) is 49.7 Å². The van der Waals surface area contributed by atoms with Gasteiger partial charge < -0.3 is 4.90 Å². The Morgan fingerprint density at radius 1 is 0.931 bits per heavy atom. The van der Waals surface area contributed by atoms with Crippen molar-refractivity contribution in [3.63, 3.8) is 0 Å². The highest BCUT2D eigenvalue weighted by molar-refractivity contribution is 6.06. The first-order valence-electron chi connectivity index (χ1n) is 10.7. The van der Waals surface area contributed by atoms with E-state index in [1.54, 1.807) is 0 Å². The molecule has 4 nitrogen and oxygen atoms in total. The van der Waals surface area contributed by atoms with Crippen molar-refractivity contribution in [2.24, 2.45) is 0 Å². The number of aromatic nitrogens is 1. The first-order chi connectivity index (χ1) is 14.3. The first-order valence-corrected chi connectivity index (χ1v) is 10.7. The quantitative estimate of drug-likeness (QED) is 0.665. The summed E-state index contributed by atoms with van der Waals surface area (Å²) in [6.07, 6.45) is 3.39. The van der Waals surface area contributed by atoms with E-state index in [-0.39, 0.29) is 5.91 Å². The maximum atomic E-state index is 13.5. The van der Waals surface area contributed by atoms with Crippen LogP contribution in [0, 0.1) is 0 Å². The largest absolute Gasteiger partial charge is 0.337 e. The maximum absolute atomic E-state index is 13.5. The smallest absolute Gasteiger partial charge is 0.254 e. The molecule has 5 rings (SSSR count). The van der Waals surface area contributed by atoms with Crippen molar-refractivity contribution in [3.05, 3.63) is 77.5 Å². The number of carbonyl (C=O) groups is 1. The van der Waals surface area contributed by atoms with E-state index >= 15 is 0 Å². The Balaban J connectivity index is 1.35. The maximum Gasteiger partial charge on any atom is 0.254 e. The van der Waals surface area contributed by atoms with Gasteiger partial charge in [0.15, 0.2) is 0 Å². The highest BCUT2D eigenvalue weighted by Gasteiger charge is 2.28. The van der Waals surface area contributed by atoms with Gasteiger partial charge in [0.05, 0.1) is 11.1 Å². The van der Waals surface area contributed by atoms with E-state index in [0.717, 1.165) is 61.3 Å². The number of hydrogen-bond acceptors (Lipinski definition) is 3. The van der Waals surface area contributed by atoms with Crippen LogP contribution in [0.25, 0.3) is 10.9 Å². The molecule has 1 amide bonds. The molecule has 148 valence electrons. The third kappa shape index (κ3) is 4.03. The summed E-state index contributed by atoms with van der Waals surface area (Å²) in [6.45, 7) is 4.50. The fraction of sp³-hybridized carbons (Fsp3) is 0.360. The molecule has 4 heteroatoms. The molecule has 0 bridgehead atoms. The van der Waals surface area contributed by atoms with Crippen molar-refractivity contribution >= 4 is 16.8 Å². The molecule has 0 atom stereocenters. The third-order valence-electron chi connectivity index (χ3n) is 6.09. The molecule has 1 aliphatic heterocycles. The number of hydrogen-bond donors (Lipinski definition) is 0. The van der Waals surface area contributed by atoms with Crippen molar-refractivity contribution in [3.8, 4) is 0 Å². The second-order valence-electron chi connectivity index (χ2n) is 8.29. The lowest BCUT2D eigenvalue weighted by Gasteiger charge is -2.23. The van der Waals surface area contributed by atoms with Gasteiger partial charge in [0.1, 0.15) is 0 Å². The normalized spacial score (nSPS) is 18.0. The van der Waals surface area contributed by atoms with Crippen molar-refractivity contribution in [2.75, 3.05) is 26.2 Å². The van der Waals surface area contributed by atoms with E-state index in [1.165, 1.54) is 18.4 Å². The van der Waals surface area contributed by atoms with Gasteiger partial charge >= 0.3 is 0 Å². The van der Waals surface area contributed by atoms with E-state index in [0.29, 0.717) is 5.92 Å². The van der Waals surface area contributed by atoms with E-state index in [1.807, 2.05) is 29.2 Å². The fourth-order valence-electron chi connectivity index (χ4n) is 4.31. The Labute approximate surface area is 172 Å². The van der Waals surface area contributed by atoms with E-state index in [9.17, 15) is 4.79 Å². The van der Waals surface area contributed by atoms with E-state index < -0.39 is 0 Å². The minimum absolute atomic E-state index is 0.159. The molecule has 2 aliphatic rings. The summed E-state index contributed by atoms with van der Waals surface area (Å²) in [5, 5.41) is 0.979. The molecule has 1 aliphatic carbocycles. The minimum Gasteiger partial charge on any atom is -0.337 e. The SMILES string of the molecule is O=C(c1cc(C2CC2)nc2ccccc12)N1CCCN(Cc2ccccc2)CC1. The Hall–Kier alpha value is -2.72. The predicted octanol–water partition coefficient (Wildman–Crippen LogP) is 4.46. The summed E-state index contributed by atoms with van der Waals surface area (Å²) >= 11 is 0. The van der Waals surface area contributed by atoms with Gasteiger partial charge in [-0.3, -0.25) is 14.7 Å². The van der Waals surface area contributed by atoms with Crippen LogP contribution in [-0.2, 0) is 6.54 Å². The molecule has 2 fully saturated rings. The molecule has 0 spiro atoms. The molecular formula is C25H27N3O. The van der Waals surface area contributed by atoms with Gasteiger partial charge in [-0.15, -0.1) is 0 Å². The number of amides is 1. The third-order valence-corrected chi connectivity index (χ3v) is 6.09. The zero-order valence-electron chi connectivity index (χ0n) is 16.8. The molecule has 0 N–H and O–H groups in total. The average Bonchev–Trinajstić information content (AvgIpc) is 3.61. The average molecular weight is 386 g/mol. The Morgan fingerprint density at radius 3 is 2.55 bits per heavy atom. The number of carbonyl (C=O) groups excluding carboxylic acids is 1. The van der Waals surface area contributed by atoms with Gasteiger partial charge in [-0.05, 0) is 37.0 Å². The zero-order valence-corrected chi connectivity index (χ0v) is 16.8. The van der Waals surface area contributed by atoms with Gasteiger partial charge in [0.25, 0.3) is 5.91 Å². The summed E-state index contributed by atoms with van der Waals surface area (Å²) in [5.41, 5.74) is 4.20. The Kier molecular flexibility index (Phi) is 5.03. The van der Waals surface area contributed by atoms with Crippen LogP contribution >= 0.6 is 0 Å². The van der Waals surface area contributed by atoms with E-state index in [4.69, 9.17) is 4.98 Å². The Morgan fingerprint density at radius 2 is 1.72 bits per heavy atom. The molecule has 1 saturated carbocycles. The number of benzene rings is 2. The zero-order chi connectivity index (χ0) is 19.6. The number of nitrogens with zero attached hydrogens (tertiary/aromatic N) is 3. The molecule has 1 aromatic heterocycles. The molecule has 3 aromatic rings. The fourth-order valence-corrected chi connectivity index (χ4v) is 4.31. The van der Waals surface area contributed by atoms with Crippen molar-refractivity contribution in [1.82, 2.24) is 14.8 Å². The van der Waals surface area contributed by atoms with Gasteiger partial charge in [0.2, 0.25) is 0 Å². The molecular weight excluding hydrogens is 358 g/mol. The number of rotatable bonds is 4. The molecule has 2 heterocycles. The van der Waals surface area contributed by atoms with Crippen LogP contribution in [0.4, 0.5) is 0 Å². The van der Waals surface area contributed by atoms with Crippen LogP contribution < -0.4 is 0 Å². The second-order valence-corrected chi connectivity index (χ2v) is 8.29. The number of para-hydroxylation sites is 1. The summed E-state index contributed by atoms with van der Waals surface area (Å²) in [5.74, 6) is 0.698. The van der Waals surface area contributed by atoms with Gasteiger partial charge in [-0.25, -0.2) is 0 Å². The summed E-state index contributed by atoms with van der Waals surface area (Å²) < 4.78 is 0. The van der Waals surface area contributed by atoms with Crippen LogP contribution in [0.1, 0.15) is 46.8 Å². The second kappa shape index (κ2) is 7.96. The molecule has 2 aromatic carbocycles. The van der Waals surface area contributed by atoms with Crippen LogP contribution in [0.2, 0.25) is 0 Å². The topological polar surface area (TPSA) is 36.4 Å². The highest BCUT2D eigenvalue weighted by atomic mass is 16.2. The van der Waals surface area contributed by atoms with Gasteiger partial charge in [-0.2, -0.15) is 0 Å². The van der Waals surface area contributed by atoms with Crippen molar-refractivity contribution < 1.29 is 4.79 Å². The number of pyridine rings is 1. The standard InChI is InChI=1S/C25H27N3O/c29-25(22-17-24(20-11-12-20)26-23-10-5-4-9-21(22)23)28-14-6-13-27(15-16-28)18-19-7-2-1-3-8-19/h1-5,7-10,17,20H,6,11-16,18H2. The van der Waals surface area contributed by atoms with Gasteiger partial charge in [-0.1, -0.05) is 48.5 Å². The monoisotopic (exact) mass is 385 g/mol. The molecule has 0 unspecified atom stereocenters. The molecule has 1 saturated heterocycles. The van der Waals surface area contributed by atoms with E-state index in [2.05, 4.69) is 41.3 Å². The summed E-state index contributed by atoms with van der Waals surface area (Å²) in [4.78, 5) is 22.8. The van der Waals surface area contributed by atoms with Crippen LogP contribution in [-0.4, -0.2) is 46.9 Å². The predicted molar refractivity (Wildman–Crippen MR) is 116 cm³/mol. The Bertz CT molecular complexity index is 1010. The first kappa shape index (κ1) is 18.3. The van der Waals surface area contributed by atoms with Crippen molar-refractivity contribution in [1.29, 1.82) is 0 Å². The van der Waals surface area contributed by atoms with Crippen LogP contribution in [0.3, 0.4) is 0 Å². The number of fused-ring (bicyclic) bond motifs is 1. The molecule has 0 radical (unpaired) electrons. The van der Waals surface area contributed by atoms with Crippen LogP contribution in [0.5, 0.6) is 0 Å². The minimum atomic E-state index is 0.159. The van der Waals surface area contributed by atoms with Crippen LogP contribution in [0.15, 0.2) is 60.7 Å². The lowest BCUT2D eigenvalue weighted by Crippen LogP contribution is -2.35. The summed E-state index contributed by atoms with van der Waals surface area (Å²) in [6, 6.07) is 20.7. The van der Waals surface area contributed by atoms with Crippen molar-refractivity contribution in [2.45, 2.75) is 31.7 Å². The lowest BCUT2D eigenvalue weighted by atomic mass is 10.0. The summed E-state index contributed by atoms with van der Waals surface area (Å²) in [7, 11) is 0.